The van der Waals surface area contributed by atoms with Crippen molar-refractivity contribution in [1.29, 1.82) is 0 Å². The van der Waals surface area contributed by atoms with Gasteiger partial charge < -0.3 is 25.0 Å². The summed E-state index contributed by atoms with van der Waals surface area (Å²) in [4.78, 5) is 41.4. The van der Waals surface area contributed by atoms with Crippen molar-refractivity contribution in [3.63, 3.8) is 0 Å². The molecule has 1 aliphatic heterocycles. The smallest absolute Gasteiger partial charge is 0.273 e. The van der Waals surface area contributed by atoms with Gasteiger partial charge in [-0.1, -0.05) is 25.8 Å². The molecule has 1 atom stereocenters. The lowest BCUT2D eigenvalue weighted by Crippen LogP contribution is -2.65. The molecule has 2 aromatic rings. The molecule has 37 heavy (non-hydrogen) atoms. The Morgan fingerprint density at radius 2 is 1.92 bits per heavy atom. The van der Waals surface area contributed by atoms with Crippen molar-refractivity contribution >= 4 is 17.7 Å². The Balaban J connectivity index is 1.50. The summed E-state index contributed by atoms with van der Waals surface area (Å²) in [6.45, 7) is 7.07. The molecule has 1 aromatic heterocycles. The van der Waals surface area contributed by atoms with Crippen LogP contribution in [0.1, 0.15) is 79.4 Å². The molecular formula is C27H37N5O5. The molecule has 1 aliphatic carbocycles. The van der Waals surface area contributed by atoms with Crippen LogP contribution >= 0.6 is 0 Å². The first-order valence-corrected chi connectivity index (χ1v) is 13.1. The van der Waals surface area contributed by atoms with Gasteiger partial charge in [-0.05, 0) is 50.8 Å². The Morgan fingerprint density at radius 3 is 2.59 bits per heavy atom. The molecule has 2 heterocycles. The van der Waals surface area contributed by atoms with E-state index in [0.29, 0.717) is 36.8 Å². The summed E-state index contributed by atoms with van der Waals surface area (Å²) in [6, 6.07) is 7.12. The summed E-state index contributed by atoms with van der Waals surface area (Å²) in [5.74, 6) is 0.360. The summed E-state index contributed by atoms with van der Waals surface area (Å²) < 4.78 is 12.4. The van der Waals surface area contributed by atoms with Crippen LogP contribution in [0.4, 0.5) is 0 Å². The summed E-state index contributed by atoms with van der Waals surface area (Å²) >= 11 is 0. The third-order valence-electron chi connectivity index (χ3n) is 7.14. The van der Waals surface area contributed by atoms with Gasteiger partial charge in [-0.25, -0.2) is 0 Å². The van der Waals surface area contributed by atoms with Gasteiger partial charge in [0.15, 0.2) is 17.2 Å². The van der Waals surface area contributed by atoms with Crippen molar-refractivity contribution < 1.29 is 23.9 Å². The fourth-order valence-electron chi connectivity index (χ4n) is 5.11. The van der Waals surface area contributed by atoms with Crippen LogP contribution in [-0.4, -0.2) is 64.2 Å². The second kappa shape index (κ2) is 11.2. The van der Waals surface area contributed by atoms with Gasteiger partial charge in [0, 0.05) is 25.2 Å². The van der Waals surface area contributed by atoms with Crippen molar-refractivity contribution in [2.75, 3.05) is 20.3 Å². The average molecular weight is 512 g/mol. The summed E-state index contributed by atoms with van der Waals surface area (Å²) in [5.41, 5.74) is 0.200. The van der Waals surface area contributed by atoms with Crippen LogP contribution < -0.4 is 20.1 Å². The highest BCUT2D eigenvalue weighted by Gasteiger charge is 2.48. The Kier molecular flexibility index (Phi) is 8.04. The molecule has 200 valence electrons. The van der Waals surface area contributed by atoms with E-state index in [1.807, 2.05) is 26.0 Å². The fourth-order valence-corrected chi connectivity index (χ4v) is 5.11. The van der Waals surface area contributed by atoms with E-state index in [1.165, 1.54) is 10.7 Å². The minimum atomic E-state index is -1.08. The highest BCUT2D eigenvalue weighted by Crippen LogP contribution is 2.30. The third kappa shape index (κ3) is 5.42. The molecule has 1 saturated carbocycles. The summed E-state index contributed by atoms with van der Waals surface area (Å²) in [7, 11) is 1.57. The van der Waals surface area contributed by atoms with Gasteiger partial charge in [-0.15, -0.1) is 0 Å². The molecule has 2 aliphatic rings. The maximum absolute atomic E-state index is 13.5. The number of carbonyl (C=O) groups excluding carboxylic acids is 3. The zero-order valence-electron chi connectivity index (χ0n) is 22.1. The van der Waals surface area contributed by atoms with E-state index in [0.717, 1.165) is 31.2 Å². The molecular weight excluding hydrogens is 474 g/mol. The highest BCUT2D eigenvalue weighted by atomic mass is 16.5. The van der Waals surface area contributed by atoms with Gasteiger partial charge in [-0.2, -0.15) is 5.10 Å². The number of hydrogen-bond acceptors (Lipinski definition) is 6. The third-order valence-corrected chi connectivity index (χ3v) is 7.14. The molecule has 4 rings (SSSR count). The van der Waals surface area contributed by atoms with Crippen molar-refractivity contribution in [3.05, 3.63) is 41.2 Å². The molecule has 3 amide bonds. The number of amides is 3. The van der Waals surface area contributed by atoms with Gasteiger partial charge >= 0.3 is 0 Å². The summed E-state index contributed by atoms with van der Waals surface area (Å²) in [6.07, 6.45) is 4.84. The molecule has 10 heteroatoms. The van der Waals surface area contributed by atoms with E-state index in [9.17, 15) is 14.4 Å². The van der Waals surface area contributed by atoms with Crippen LogP contribution in [0.25, 0.3) is 0 Å². The maximum Gasteiger partial charge on any atom is 0.273 e. The number of methoxy groups -OCH3 is 1. The maximum atomic E-state index is 13.5. The van der Waals surface area contributed by atoms with Crippen LogP contribution in [0.5, 0.6) is 11.5 Å². The van der Waals surface area contributed by atoms with Gasteiger partial charge in [0.2, 0.25) is 5.91 Å². The molecule has 0 saturated heterocycles. The predicted octanol–water partition coefficient (Wildman–Crippen LogP) is 2.90. The summed E-state index contributed by atoms with van der Waals surface area (Å²) in [5, 5.41) is 10.4. The van der Waals surface area contributed by atoms with E-state index < -0.39 is 11.4 Å². The number of benzene rings is 1. The van der Waals surface area contributed by atoms with Gasteiger partial charge in [0.25, 0.3) is 11.8 Å². The molecule has 0 bridgehead atoms. The van der Waals surface area contributed by atoms with Crippen molar-refractivity contribution in [1.82, 2.24) is 25.3 Å². The average Bonchev–Trinajstić information content (AvgIpc) is 3.56. The lowest BCUT2D eigenvalue weighted by molar-refractivity contribution is -0.133. The van der Waals surface area contributed by atoms with Crippen LogP contribution in [0.2, 0.25) is 0 Å². The lowest BCUT2D eigenvalue weighted by atomic mass is 9.94. The number of ether oxygens (including phenoxy) is 2. The quantitative estimate of drug-likeness (QED) is 0.507. The number of fused-ring (bicyclic) bond motifs is 1. The second-order valence-corrected chi connectivity index (χ2v) is 9.86. The molecule has 0 radical (unpaired) electrons. The fraction of sp³-hybridized carbons (Fsp3) is 0.556. The first kappa shape index (κ1) is 26.5. The van der Waals surface area contributed by atoms with E-state index in [2.05, 4.69) is 15.7 Å². The molecule has 0 unspecified atom stereocenters. The topological polar surface area (TPSA) is 115 Å². The standard InChI is InChI=1S/C27H37N5O5/c1-5-13-31-25(34)21-15-20(24(33)28-16-18-11-12-22(37-6-2)23(14-18)36-4)30-32(21)17-27(31,3)26(35)29-19-9-7-8-10-19/h11-12,14-15,19H,5-10,13,16-17H2,1-4H3,(H,28,33)(H,29,35)/t27-/m1/s1. The van der Waals surface area contributed by atoms with E-state index in [1.54, 1.807) is 25.0 Å². The number of carbonyl (C=O) groups is 3. The number of nitrogens with one attached hydrogen (secondary N) is 2. The number of rotatable bonds is 10. The minimum Gasteiger partial charge on any atom is -0.493 e. The number of hydrogen-bond donors (Lipinski definition) is 2. The Bertz CT molecular complexity index is 1160. The van der Waals surface area contributed by atoms with Crippen molar-refractivity contribution in [2.24, 2.45) is 0 Å². The second-order valence-electron chi connectivity index (χ2n) is 9.86. The van der Waals surface area contributed by atoms with Crippen LogP contribution in [0, 0.1) is 0 Å². The number of nitrogens with zero attached hydrogens (tertiary/aromatic N) is 3. The molecule has 10 nitrogen and oxygen atoms in total. The molecule has 0 spiro atoms. The van der Waals surface area contributed by atoms with Gasteiger partial charge in [0.05, 0.1) is 20.3 Å². The lowest BCUT2D eigenvalue weighted by Gasteiger charge is -2.43. The van der Waals surface area contributed by atoms with Crippen LogP contribution in [0.15, 0.2) is 24.3 Å². The normalized spacial score (nSPS) is 19.5. The highest BCUT2D eigenvalue weighted by molar-refractivity contribution is 6.02. The van der Waals surface area contributed by atoms with E-state index in [4.69, 9.17) is 9.47 Å². The zero-order chi connectivity index (χ0) is 26.6. The Hall–Kier alpha value is -3.56. The molecule has 1 fully saturated rings. The minimum absolute atomic E-state index is 0.137. The predicted molar refractivity (Wildman–Crippen MR) is 138 cm³/mol. The molecule has 1 aromatic carbocycles. The largest absolute Gasteiger partial charge is 0.493 e. The monoisotopic (exact) mass is 511 g/mol. The van der Waals surface area contributed by atoms with Gasteiger partial charge in [0.1, 0.15) is 11.2 Å². The zero-order valence-corrected chi connectivity index (χ0v) is 22.1. The van der Waals surface area contributed by atoms with Crippen LogP contribution in [0.3, 0.4) is 0 Å². The van der Waals surface area contributed by atoms with Gasteiger partial charge in [-0.3, -0.25) is 19.1 Å². The van der Waals surface area contributed by atoms with E-state index >= 15 is 0 Å². The van der Waals surface area contributed by atoms with Crippen molar-refractivity contribution in [2.45, 2.75) is 77.5 Å². The van der Waals surface area contributed by atoms with Crippen molar-refractivity contribution in [3.8, 4) is 11.5 Å². The van der Waals surface area contributed by atoms with Crippen LogP contribution in [-0.2, 0) is 17.9 Å². The Morgan fingerprint density at radius 1 is 1.16 bits per heavy atom. The SMILES string of the molecule is CCCN1C(=O)c2cc(C(=O)NCc3ccc(OCC)c(OC)c3)nn2C[C@]1(C)C(=O)NC1CCCC1. The first-order valence-electron chi connectivity index (χ1n) is 13.1. The Labute approximate surface area is 217 Å². The molecule has 2 N–H and O–H groups in total. The number of aromatic nitrogens is 2. The van der Waals surface area contributed by atoms with E-state index in [-0.39, 0.29) is 36.6 Å². The first-order chi connectivity index (χ1) is 17.8.